The molecule has 0 radical (unpaired) electrons. The predicted molar refractivity (Wildman–Crippen MR) is 71.0 cm³/mol. The molecule has 0 saturated heterocycles. The molecule has 0 fully saturated rings. The summed E-state index contributed by atoms with van der Waals surface area (Å²) in [6.07, 6.45) is 3.07. The van der Waals surface area contributed by atoms with E-state index in [0.717, 1.165) is 4.47 Å². The van der Waals surface area contributed by atoms with E-state index in [9.17, 15) is 4.79 Å². The lowest BCUT2D eigenvalue weighted by Crippen LogP contribution is -2.12. The molecule has 1 aromatic heterocycles. The first-order valence-corrected chi connectivity index (χ1v) is 5.91. The molecule has 0 aliphatic rings. The van der Waals surface area contributed by atoms with Crippen LogP contribution in [0.15, 0.2) is 47.2 Å². The Hall–Kier alpha value is -2.19. The highest BCUT2D eigenvalue weighted by atomic mass is 79.9. The van der Waals surface area contributed by atoms with Crippen LogP contribution in [0.4, 0.5) is 5.69 Å². The van der Waals surface area contributed by atoms with Crippen LogP contribution in [0.25, 0.3) is 0 Å². The SMILES string of the molecule is N#Cc1cc(Br)ccc1NC(=O)c1cccnc1. The molecule has 0 spiro atoms. The molecule has 2 aromatic rings. The average Bonchev–Trinajstić information content (AvgIpc) is 2.41. The van der Waals surface area contributed by atoms with E-state index in [-0.39, 0.29) is 5.91 Å². The maximum absolute atomic E-state index is 11.9. The Bertz CT molecular complexity index is 620. The fraction of sp³-hybridized carbons (Fsp3) is 0. The molecule has 0 unspecified atom stereocenters. The highest BCUT2D eigenvalue weighted by Gasteiger charge is 2.09. The van der Waals surface area contributed by atoms with Gasteiger partial charge in [-0.3, -0.25) is 9.78 Å². The average molecular weight is 302 g/mol. The van der Waals surface area contributed by atoms with Gasteiger partial charge in [-0.1, -0.05) is 15.9 Å². The van der Waals surface area contributed by atoms with Crippen molar-refractivity contribution in [2.45, 2.75) is 0 Å². The van der Waals surface area contributed by atoms with Crippen LogP contribution in [0.3, 0.4) is 0 Å². The van der Waals surface area contributed by atoms with Gasteiger partial charge in [0, 0.05) is 16.9 Å². The molecule has 4 nitrogen and oxygen atoms in total. The van der Waals surface area contributed by atoms with E-state index in [1.807, 2.05) is 6.07 Å². The Kier molecular flexibility index (Phi) is 3.70. The van der Waals surface area contributed by atoms with Crippen LogP contribution in [-0.4, -0.2) is 10.9 Å². The largest absolute Gasteiger partial charge is 0.321 e. The summed E-state index contributed by atoms with van der Waals surface area (Å²) in [5.74, 6) is -0.290. The van der Waals surface area contributed by atoms with Crippen LogP contribution >= 0.6 is 15.9 Å². The monoisotopic (exact) mass is 301 g/mol. The third-order valence-corrected chi connectivity index (χ3v) is 2.77. The highest BCUT2D eigenvalue weighted by molar-refractivity contribution is 9.10. The number of carbonyl (C=O) groups is 1. The normalized spacial score (nSPS) is 9.56. The van der Waals surface area contributed by atoms with E-state index in [4.69, 9.17) is 5.26 Å². The number of rotatable bonds is 2. The summed E-state index contributed by atoms with van der Waals surface area (Å²) in [4.78, 5) is 15.8. The number of carbonyl (C=O) groups excluding carboxylic acids is 1. The van der Waals surface area contributed by atoms with Crippen molar-refractivity contribution in [2.75, 3.05) is 5.32 Å². The number of amides is 1. The van der Waals surface area contributed by atoms with Gasteiger partial charge >= 0.3 is 0 Å². The maximum Gasteiger partial charge on any atom is 0.257 e. The van der Waals surface area contributed by atoms with Crippen molar-refractivity contribution >= 4 is 27.5 Å². The topological polar surface area (TPSA) is 65.8 Å². The summed E-state index contributed by atoms with van der Waals surface area (Å²) < 4.78 is 0.790. The molecule has 0 aliphatic carbocycles. The van der Waals surface area contributed by atoms with Crippen LogP contribution in [0.2, 0.25) is 0 Å². The molecule has 1 amide bonds. The van der Waals surface area contributed by atoms with E-state index in [0.29, 0.717) is 16.8 Å². The molecule has 2 rings (SSSR count). The standard InChI is InChI=1S/C13H8BrN3O/c14-11-3-4-12(10(6-11)7-15)17-13(18)9-2-1-5-16-8-9/h1-6,8H,(H,17,18). The van der Waals surface area contributed by atoms with Gasteiger partial charge in [-0.15, -0.1) is 0 Å². The van der Waals surface area contributed by atoms with Crippen LogP contribution in [0, 0.1) is 11.3 Å². The van der Waals surface area contributed by atoms with Gasteiger partial charge in [0.2, 0.25) is 0 Å². The quantitative estimate of drug-likeness (QED) is 0.927. The van der Waals surface area contributed by atoms with E-state index in [1.165, 1.54) is 6.20 Å². The molecule has 18 heavy (non-hydrogen) atoms. The molecular formula is C13H8BrN3O. The first kappa shape index (κ1) is 12.3. The van der Waals surface area contributed by atoms with Crippen LogP contribution in [0.5, 0.6) is 0 Å². The number of nitrogens with one attached hydrogen (secondary N) is 1. The molecular weight excluding hydrogens is 294 g/mol. The van der Waals surface area contributed by atoms with Gasteiger partial charge in [-0.05, 0) is 30.3 Å². The second-order valence-electron chi connectivity index (χ2n) is 3.50. The number of nitrogens with zero attached hydrogens (tertiary/aromatic N) is 2. The van der Waals surface area contributed by atoms with Gasteiger partial charge in [-0.25, -0.2) is 0 Å². The molecule has 0 atom stereocenters. The zero-order chi connectivity index (χ0) is 13.0. The van der Waals surface area contributed by atoms with Crippen molar-refractivity contribution in [1.29, 1.82) is 5.26 Å². The van der Waals surface area contributed by atoms with Crippen molar-refractivity contribution in [3.8, 4) is 6.07 Å². The van der Waals surface area contributed by atoms with Gasteiger partial charge in [0.15, 0.2) is 0 Å². The first-order chi connectivity index (χ1) is 8.70. The summed E-state index contributed by atoms with van der Waals surface area (Å²) in [7, 11) is 0. The molecule has 0 aliphatic heterocycles. The molecule has 0 saturated carbocycles. The number of benzene rings is 1. The van der Waals surface area contributed by atoms with Crippen molar-refractivity contribution in [3.05, 3.63) is 58.3 Å². The first-order valence-electron chi connectivity index (χ1n) is 5.12. The second-order valence-corrected chi connectivity index (χ2v) is 4.41. The zero-order valence-corrected chi connectivity index (χ0v) is 10.8. The van der Waals surface area contributed by atoms with E-state index >= 15 is 0 Å². The molecule has 88 valence electrons. The summed E-state index contributed by atoms with van der Waals surface area (Å²) in [6, 6.07) is 10.5. The second kappa shape index (κ2) is 5.43. The Labute approximate surface area is 112 Å². The molecule has 1 N–H and O–H groups in total. The van der Waals surface area contributed by atoms with Crippen LogP contribution < -0.4 is 5.32 Å². The van der Waals surface area contributed by atoms with Crippen LogP contribution in [-0.2, 0) is 0 Å². The smallest absolute Gasteiger partial charge is 0.257 e. The summed E-state index contributed by atoms with van der Waals surface area (Å²) in [5.41, 5.74) is 1.33. The number of halogens is 1. The maximum atomic E-state index is 11.9. The van der Waals surface area contributed by atoms with E-state index in [2.05, 4.69) is 26.2 Å². The lowest BCUT2D eigenvalue weighted by Gasteiger charge is -2.06. The lowest BCUT2D eigenvalue weighted by atomic mass is 10.2. The Morgan fingerprint density at radius 3 is 2.89 bits per heavy atom. The van der Waals surface area contributed by atoms with Gasteiger partial charge in [0.05, 0.1) is 16.8 Å². The van der Waals surface area contributed by atoms with Gasteiger partial charge in [0.25, 0.3) is 5.91 Å². The lowest BCUT2D eigenvalue weighted by molar-refractivity contribution is 0.102. The zero-order valence-electron chi connectivity index (χ0n) is 9.22. The molecule has 0 bridgehead atoms. The number of pyridine rings is 1. The molecule has 1 aromatic carbocycles. The third kappa shape index (κ3) is 2.73. The Balaban J connectivity index is 2.25. The fourth-order valence-electron chi connectivity index (χ4n) is 1.41. The third-order valence-electron chi connectivity index (χ3n) is 2.27. The summed E-state index contributed by atoms with van der Waals surface area (Å²) >= 11 is 3.27. The molecule has 1 heterocycles. The van der Waals surface area contributed by atoms with Gasteiger partial charge in [0.1, 0.15) is 6.07 Å². The van der Waals surface area contributed by atoms with Gasteiger partial charge in [-0.2, -0.15) is 5.26 Å². The van der Waals surface area contributed by atoms with E-state index < -0.39 is 0 Å². The van der Waals surface area contributed by atoms with Crippen molar-refractivity contribution in [1.82, 2.24) is 4.98 Å². The minimum absolute atomic E-state index is 0.290. The minimum atomic E-state index is -0.290. The van der Waals surface area contributed by atoms with Crippen molar-refractivity contribution < 1.29 is 4.79 Å². The summed E-state index contributed by atoms with van der Waals surface area (Å²) in [5, 5.41) is 11.7. The van der Waals surface area contributed by atoms with E-state index in [1.54, 1.807) is 36.5 Å². The number of anilines is 1. The van der Waals surface area contributed by atoms with Gasteiger partial charge < -0.3 is 5.32 Å². The van der Waals surface area contributed by atoms with Crippen LogP contribution in [0.1, 0.15) is 15.9 Å². The fourth-order valence-corrected chi connectivity index (χ4v) is 1.77. The van der Waals surface area contributed by atoms with Crippen molar-refractivity contribution in [2.24, 2.45) is 0 Å². The highest BCUT2D eigenvalue weighted by Crippen LogP contribution is 2.20. The molecule has 5 heteroatoms. The number of nitriles is 1. The number of hydrogen-bond acceptors (Lipinski definition) is 3. The number of hydrogen-bond donors (Lipinski definition) is 1. The summed E-state index contributed by atoms with van der Waals surface area (Å²) in [6.45, 7) is 0. The Morgan fingerprint density at radius 1 is 1.39 bits per heavy atom. The Morgan fingerprint density at radius 2 is 2.22 bits per heavy atom. The number of aromatic nitrogens is 1. The minimum Gasteiger partial charge on any atom is -0.321 e. The predicted octanol–water partition coefficient (Wildman–Crippen LogP) is 2.97. The van der Waals surface area contributed by atoms with Crippen molar-refractivity contribution in [3.63, 3.8) is 0 Å².